The van der Waals surface area contributed by atoms with Gasteiger partial charge in [0.2, 0.25) is 5.78 Å². The molecule has 0 N–H and O–H groups in total. The first-order chi connectivity index (χ1) is 13.5. The number of esters is 1. The number of Topliss-reactive ketones (excluding diaryl/α,β-unsaturated/α-hetero) is 1. The highest BCUT2D eigenvalue weighted by atomic mass is 35.5. The molecule has 4 nitrogen and oxygen atoms in total. The maximum Gasteiger partial charge on any atom is 0.343 e. The quantitative estimate of drug-likeness (QED) is 0.343. The standard InChI is InChI=1S/C22H12ClFO4/c23-15-7-5-13(6-8-15)22(26)27-16-9-10-17-19(12-16)28-20(21(17)25)11-14-3-1-2-4-18(14)24/h1-12H/b20-11-. The van der Waals surface area contributed by atoms with E-state index < -0.39 is 11.8 Å². The van der Waals surface area contributed by atoms with E-state index in [4.69, 9.17) is 21.1 Å². The molecule has 0 unspecified atom stereocenters. The molecule has 1 heterocycles. The maximum atomic E-state index is 13.8. The summed E-state index contributed by atoms with van der Waals surface area (Å²) in [6.07, 6.45) is 1.34. The number of hydrogen-bond acceptors (Lipinski definition) is 4. The minimum Gasteiger partial charge on any atom is -0.452 e. The van der Waals surface area contributed by atoms with Crippen LogP contribution in [0.2, 0.25) is 5.02 Å². The van der Waals surface area contributed by atoms with Crippen molar-refractivity contribution in [3.63, 3.8) is 0 Å². The summed E-state index contributed by atoms with van der Waals surface area (Å²) >= 11 is 5.81. The van der Waals surface area contributed by atoms with Gasteiger partial charge in [0.05, 0.1) is 11.1 Å². The van der Waals surface area contributed by atoms with Gasteiger partial charge in [0.25, 0.3) is 0 Å². The molecule has 0 atom stereocenters. The largest absolute Gasteiger partial charge is 0.452 e. The van der Waals surface area contributed by atoms with Crippen molar-refractivity contribution in [2.75, 3.05) is 0 Å². The lowest BCUT2D eigenvalue weighted by atomic mass is 10.1. The Morgan fingerprint density at radius 1 is 1.04 bits per heavy atom. The van der Waals surface area contributed by atoms with Crippen LogP contribution < -0.4 is 9.47 Å². The van der Waals surface area contributed by atoms with Crippen LogP contribution in [-0.4, -0.2) is 11.8 Å². The van der Waals surface area contributed by atoms with E-state index in [2.05, 4.69) is 0 Å². The first-order valence-electron chi connectivity index (χ1n) is 8.32. The van der Waals surface area contributed by atoms with Crippen LogP contribution in [0.5, 0.6) is 11.5 Å². The summed E-state index contributed by atoms with van der Waals surface area (Å²) in [6.45, 7) is 0. The SMILES string of the molecule is O=C(Oc1ccc2c(c1)O/C(=C\c1ccccc1F)C2=O)c1ccc(Cl)cc1. The normalized spacial score (nSPS) is 13.9. The third-order valence-electron chi connectivity index (χ3n) is 4.12. The second-order valence-electron chi connectivity index (χ2n) is 6.02. The van der Waals surface area contributed by atoms with Crippen LogP contribution in [0.4, 0.5) is 4.39 Å². The number of carbonyl (C=O) groups is 2. The third-order valence-corrected chi connectivity index (χ3v) is 4.38. The Bertz CT molecular complexity index is 1120. The van der Waals surface area contributed by atoms with Crippen molar-refractivity contribution in [3.8, 4) is 11.5 Å². The molecule has 6 heteroatoms. The van der Waals surface area contributed by atoms with Crippen molar-refractivity contribution < 1.29 is 23.5 Å². The molecule has 1 aliphatic heterocycles. The van der Waals surface area contributed by atoms with Crippen molar-refractivity contribution in [2.24, 2.45) is 0 Å². The highest BCUT2D eigenvalue weighted by Crippen LogP contribution is 2.35. The number of ether oxygens (including phenoxy) is 2. The van der Waals surface area contributed by atoms with Crippen LogP contribution in [-0.2, 0) is 0 Å². The number of rotatable bonds is 3. The van der Waals surface area contributed by atoms with Gasteiger partial charge in [-0.05, 0) is 48.5 Å². The van der Waals surface area contributed by atoms with Crippen molar-refractivity contribution in [2.45, 2.75) is 0 Å². The predicted molar refractivity (Wildman–Crippen MR) is 102 cm³/mol. The Morgan fingerprint density at radius 3 is 2.54 bits per heavy atom. The highest BCUT2D eigenvalue weighted by Gasteiger charge is 2.28. The topological polar surface area (TPSA) is 52.6 Å². The Hall–Kier alpha value is -3.44. The Labute approximate surface area is 164 Å². The zero-order valence-corrected chi connectivity index (χ0v) is 15.1. The Morgan fingerprint density at radius 2 is 1.79 bits per heavy atom. The molecule has 0 radical (unpaired) electrons. The fraction of sp³-hybridized carbons (Fsp3) is 0. The number of carbonyl (C=O) groups excluding carboxylic acids is 2. The van der Waals surface area contributed by atoms with E-state index in [9.17, 15) is 14.0 Å². The van der Waals surface area contributed by atoms with Gasteiger partial charge in [-0.15, -0.1) is 0 Å². The summed E-state index contributed by atoms with van der Waals surface area (Å²) in [7, 11) is 0. The molecule has 0 bridgehead atoms. The van der Waals surface area contributed by atoms with Crippen molar-refractivity contribution in [1.29, 1.82) is 0 Å². The van der Waals surface area contributed by atoms with Crippen LogP contribution in [0.25, 0.3) is 6.08 Å². The molecule has 3 aromatic carbocycles. The van der Waals surface area contributed by atoms with Gasteiger partial charge in [-0.25, -0.2) is 9.18 Å². The fourth-order valence-corrected chi connectivity index (χ4v) is 2.84. The zero-order valence-electron chi connectivity index (χ0n) is 14.3. The van der Waals surface area contributed by atoms with Crippen molar-refractivity contribution in [3.05, 3.63) is 100 Å². The molecule has 0 spiro atoms. The minimum atomic E-state index is -0.567. The lowest BCUT2D eigenvalue weighted by Gasteiger charge is -2.06. The number of halogens is 2. The molecule has 0 amide bonds. The second-order valence-corrected chi connectivity index (χ2v) is 6.45. The number of hydrogen-bond donors (Lipinski definition) is 0. The molecule has 0 saturated carbocycles. The van der Waals surface area contributed by atoms with Crippen LogP contribution in [0, 0.1) is 5.82 Å². The van der Waals surface area contributed by atoms with Gasteiger partial charge in [-0.2, -0.15) is 0 Å². The molecule has 3 aromatic rings. The van der Waals surface area contributed by atoms with Crippen molar-refractivity contribution >= 4 is 29.4 Å². The monoisotopic (exact) mass is 394 g/mol. The van der Waals surface area contributed by atoms with Crippen LogP contribution in [0.3, 0.4) is 0 Å². The average Bonchev–Trinajstić information content (AvgIpc) is 2.99. The first-order valence-corrected chi connectivity index (χ1v) is 8.69. The van der Waals surface area contributed by atoms with Gasteiger partial charge in [-0.3, -0.25) is 4.79 Å². The molecule has 0 aliphatic carbocycles. The van der Waals surface area contributed by atoms with Crippen LogP contribution in [0.15, 0.2) is 72.5 Å². The number of fused-ring (bicyclic) bond motifs is 1. The van der Waals surface area contributed by atoms with Crippen LogP contribution >= 0.6 is 11.6 Å². The molecular formula is C22H12ClFO4. The van der Waals surface area contributed by atoms with E-state index in [0.717, 1.165) is 0 Å². The van der Waals surface area contributed by atoms with Gasteiger partial charge >= 0.3 is 5.97 Å². The predicted octanol–water partition coefficient (Wildman–Crippen LogP) is 5.31. The highest BCUT2D eigenvalue weighted by molar-refractivity contribution is 6.30. The van der Waals surface area contributed by atoms with Gasteiger partial charge in [0.15, 0.2) is 5.76 Å². The minimum absolute atomic E-state index is 0.00118. The van der Waals surface area contributed by atoms with Crippen LogP contribution in [0.1, 0.15) is 26.3 Å². The summed E-state index contributed by atoms with van der Waals surface area (Å²) in [6, 6.07) is 16.8. The zero-order chi connectivity index (χ0) is 19.7. The second kappa shape index (κ2) is 7.29. The molecular weight excluding hydrogens is 383 g/mol. The summed E-state index contributed by atoms with van der Waals surface area (Å²) < 4.78 is 24.7. The summed E-state index contributed by atoms with van der Waals surface area (Å²) in [5.74, 6) is -0.925. The van der Waals surface area contributed by atoms with E-state index in [1.165, 1.54) is 30.3 Å². The fourth-order valence-electron chi connectivity index (χ4n) is 2.72. The lowest BCUT2D eigenvalue weighted by molar-refractivity contribution is 0.0734. The third kappa shape index (κ3) is 3.52. The summed E-state index contributed by atoms with van der Waals surface area (Å²) in [5, 5.41) is 0.509. The molecule has 0 aromatic heterocycles. The maximum absolute atomic E-state index is 13.8. The molecule has 4 rings (SSSR count). The summed E-state index contributed by atoms with van der Waals surface area (Å²) in [4.78, 5) is 24.7. The van der Waals surface area contributed by atoms with Gasteiger partial charge in [0, 0.05) is 16.7 Å². The summed E-state index contributed by atoms with van der Waals surface area (Å²) in [5.41, 5.74) is 0.893. The Kier molecular flexibility index (Phi) is 4.67. The lowest BCUT2D eigenvalue weighted by Crippen LogP contribution is -2.08. The van der Waals surface area contributed by atoms with Gasteiger partial charge in [-0.1, -0.05) is 29.8 Å². The van der Waals surface area contributed by atoms with E-state index >= 15 is 0 Å². The van der Waals surface area contributed by atoms with Crippen molar-refractivity contribution in [1.82, 2.24) is 0 Å². The van der Waals surface area contributed by atoms with E-state index in [0.29, 0.717) is 16.1 Å². The molecule has 1 aliphatic rings. The first kappa shape index (κ1) is 17.9. The molecule has 0 saturated heterocycles. The van der Waals surface area contributed by atoms with E-state index in [1.54, 1.807) is 42.5 Å². The number of allylic oxidation sites excluding steroid dienone is 1. The van der Waals surface area contributed by atoms with Gasteiger partial charge < -0.3 is 9.47 Å². The van der Waals surface area contributed by atoms with Gasteiger partial charge in [0.1, 0.15) is 17.3 Å². The van der Waals surface area contributed by atoms with E-state index in [1.807, 2.05) is 0 Å². The number of ketones is 1. The smallest absolute Gasteiger partial charge is 0.343 e. The molecule has 0 fully saturated rings. The van der Waals surface area contributed by atoms with E-state index in [-0.39, 0.29) is 28.6 Å². The molecule has 138 valence electrons. The average molecular weight is 395 g/mol. The number of benzene rings is 3. The Balaban J connectivity index is 1.56. The molecule has 28 heavy (non-hydrogen) atoms.